The third-order valence-corrected chi connectivity index (χ3v) is 2.04. The number of aliphatic imine (C=N–C) groups is 1. The number of hydrogen-bond donors (Lipinski definition) is 4. The monoisotopic (exact) mass is 259 g/mol. The van der Waals surface area contributed by atoms with Crippen LogP contribution in [0, 0.1) is 5.92 Å². The number of guanidine groups is 1. The second-order valence-electron chi connectivity index (χ2n) is 4.28. The lowest BCUT2D eigenvalue weighted by Crippen LogP contribution is -2.43. The summed E-state index contributed by atoms with van der Waals surface area (Å²) in [6.07, 6.45) is 0.844. The Morgan fingerprint density at radius 1 is 1.39 bits per heavy atom. The Hall–Kier alpha value is -1.34. The first-order valence-electron chi connectivity index (χ1n) is 6.10. The van der Waals surface area contributed by atoms with Crippen molar-refractivity contribution in [1.29, 1.82) is 0 Å². The third kappa shape index (κ3) is 9.86. The molecule has 0 unspecified atom stereocenters. The molecule has 0 radical (unpaired) electrons. The van der Waals surface area contributed by atoms with Gasteiger partial charge in [-0.15, -0.1) is 0 Å². The van der Waals surface area contributed by atoms with Gasteiger partial charge in [0.05, 0.1) is 0 Å². The average Bonchev–Trinajstić information content (AvgIpc) is 2.35. The summed E-state index contributed by atoms with van der Waals surface area (Å²) in [6.45, 7) is 6.14. The van der Waals surface area contributed by atoms with Crippen LogP contribution in [-0.4, -0.2) is 45.2 Å². The van der Waals surface area contributed by atoms with Crippen molar-refractivity contribution >= 4 is 11.9 Å². The number of hydrogen-bond acceptors (Lipinski definition) is 4. The van der Waals surface area contributed by atoms with E-state index in [9.17, 15) is 4.79 Å². The fourth-order valence-corrected chi connectivity index (χ4v) is 1.10. The fourth-order valence-electron chi connectivity index (χ4n) is 1.10. The molecule has 0 aromatic carbocycles. The summed E-state index contributed by atoms with van der Waals surface area (Å²) in [4.78, 5) is 15.4. The van der Waals surface area contributed by atoms with Crippen LogP contribution >= 0.6 is 0 Å². The summed E-state index contributed by atoms with van der Waals surface area (Å²) < 4.78 is 4.91. The van der Waals surface area contributed by atoms with Gasteiger partial charge in [0.15, 0.2) is 0 Å². The normalized spacial score (nSPS) is 11.5. The summed E-state index contributed by atoms with van der Waals surface area (Å²) in [5.74, 6) is 6.01. The van der Waals surface area contributed by atoms with E-state index in [-0.39, 0.29) is 12.5 Å². The number of nitrogens with two attached hydrogens (primary N) is 1. The van der Waals surface area contributed by atoms with Crippen LogP contribution in [0.4, 0.5) is 0 Å². The Morgan fingerprint density at radius 2 is 2.11 bits per heavy atom. The standard InChI is InChI=1S/C11H25N5O2/c1-9(2)7-14-10(17)8-15-11(16-12)13-5-4-6-18-3/h9H,4-8,12H2,1-3H3,(H,14,17)(H2,13,15,16). The van der Waals surface area contributed by atoms with E-state index in [0.29, 0.717) is 31.6 Å². The molecule has 0 heterocycles. The Balaban J connectivity index is 3.84. The molecule has 0 atom stereocenters. The van der Waals surface area contributed by atoms with Crippen molar-refractivity contribution in [2.45, 2.75) is 20.3 Å². The summed E-state index contributed by atoms with van der Waals surface area (Å²) in [6, 6.07) is 0. The molecule has 0 bridgehead atoms. The van der Waals surface area contributed by atoms with E-state index in [1.165, 1.54) is 0 Å². The van der Waals surface area contributed by atoms with E-state index < -0.39 is 0 Å². The number of nitrogens with zero attached hydrogens (tertiary/aromatic N) is 1. The maximum atomic E-state index is 11.4. The number of carbonyl (C=O) groups excluding carboxylic acids is 1. The van der Waals surface area contributed by atoms with E-state index in [4.69, 9.17) is 10.6 Å². The molecule has 0 fully saturated rings. The van der Waals surface area contributed by atoms with E-state index in [2.05, 4.69) is 21.1 Å². The van der Waals surface area contributed by atoms with Gasteiger partial charge in [-0.05, 0) is 12.3 Å². The van der Waals surface area contributed by atoms with Crippen LogP contribution in [0.5, 0.6) is 0 Å². The molecule has 0 spiro atoms. The molecular weight excluding hydrogens is 234 g/mol. The zero-order valence-corrected chi connectivity index (χ0v) is 11.5. The average molecular weight is 259 g/mol. The first-order chi connectivity index (χ1) is 8.60. The molecule has 0 aromatic rings. The molecule has 0 aromatic heterocycles. The molecule has 0 saturated carbocycles. The van der Waals surface area contributed by atoms with Crippen molar-refractivity contribution in [2.75, 3.05) is 33.4 Å². The summed E-state index contributed by atoms with van der Waals surface area (Å²) in [5, 5.41) is 5.75. The Kier molecular flexibility index (Phi) is 9.99. The third-order valence-electron chi connectivity index (χ3n) is 2.04. The van der Waals surface area contributed by atoms with Gasteiger partial charge in [0.1, 0.15) is 6.54 Å². The molecular formula is C11H25N5O2. The molecule has 1 amide bonds. The zero-order chi connectivity index (χ0) is 13.8. The molecule has 5 N–H and O–H groups in total. The molecule has 0 aliphatic heterocycles. The highest BCUT2D eigenvalue weighted by Gasteiger charge is 2.02. The highest BCUT2D eigenvalue weighted by molar-refractivity contribution is 5.84. The van der Waals surface area contributed by atoms with Gasteiger partial charge in [-0.25, -0.2) is 10.8 Å². The largest absolute Gasteiger partial charge is 0.385 e. The molecule has 0 saturated heterocycles. The van der Waals surface area contributed by atoms with Gasteiger partial charge in [0.25, 0.3) is 0 Å². The number of methoxy groups -OCH3 is 1. The van der Waals surface area contributed by atoms with Gasteiger partial charge in [-0.2, -0.15) is 0 Å². The Labute approximate surface area is 109 Å². The first-order valence-corrected chi connectivity index (χ1v) is 6.10. The second-order valence-corrected chi connectivity index (χ2v) is 4.28. The smallest absolute Gasteiger partial charge is 0.241 e. The Bertz CT molecular complexity index is 256. The predicted molar refractivity (Wildman–Crippen MR) is 72.0 cm³/mol. The van der Waals surface area contributed by atoms with E-state index in [1.807, 2.05) is 13.8 Å². The number of ether oxygens (including phenoxy) is 1. The van der Waals surface area contributed by atoms with E-state index >= 15 is 0 Å². The van der Waals surface area contributed by atoms with Crippen molar-refractivity contribution in [2.24, 2.45) is 16.8 Å². The zero-order valence-electron chi connectivity index (χ0n) is 11.5. The van der Waals surface area contributed by atoms with E-state index in [1.54, 1.807) is 7.11 Å². The predicted octanol–water partition coefficient (Wildman–Crippen LogP) is -0.796. The van der Waals surface area contributed by atoms with Crippen LogP contribution in [-0.2, 0) is 9.53 Å². The number of carbonyl (C=O) groups is 1. The summed E-state index contributed by atoms with van der Waals surface area (Å²) >= 11 is 0. The summed E-state index contributed by atoms with van der Waals surface area (Å²) in [5.41, 5.74) is 2.42. The summed E-state index contributed by atoms with van der Waals surface area (Å²) in [7, 11) is 1.65. The maximum absolute atomic E-state index is 11.4. The van der Waals surface area contributed by atoms with Gasteiger partial charge >= 0.3 is 0 Å². The molecule has 0 rings (SSSR count). The molecule has 7 heteroatoms. The van der Waals surface area contributed by atoms with Gasteiger partial charge < -0.3 is 15.4 Å². The lowest BCUT2D eigenvalue weighted by Gasteiger charge is -2.09. The van der Waals surface area contributed by atoms with Gasteiger partial charge in [0.2, 0.25) is 11.9 Å². The van der Waals surface area contributed by atoms with Crippen molar-refractivity contribution in [3.8, 4) is 0 Å². The number of rotatable bonds is 8. The van der Waals surface area contributed by atoms with Crippen molar-refractivity contribution < 1.29 is 9.53 Å². The van der Waals surface area contributed by atoms with Gasteiger partial charge in [-0.1, -0.05) is 13.8 Å². The maximum Gasteiger partial charge on any atom is 0.241 e. The molecule has 0 aliphatic rings. The van der Waals surface area contributed by atoms with Crippen LogP contribution in [0.1, 0.15) is 20.3 Å². The minimum absolute atomic E-state index is 0.0591. The fraction of sp³-hybridized carbons (Fsp3) is 0.818. The van der Waals surface area contributed by atoms with Crippen molar-refractivity contribution in [3.05, 3.63) is 0 Å². The molecule has 18 heavy (non-hydrogen) atoms. The van der Waals surface area contributed by atoms with Crippen molar-refractivity contribution in [3.63, 3.8) is 0 Å². The molecule has 0 aliphatic carbocycles. The van der Waals surface area contributed by atoms with Crippen LogP contribution in [0.15, 0.2) is 4.99 Å². The molecule has 7 nitrogen and oxygen atoms in total. The lowest BCUT2D eigenvalue weighted by atomic mass is 10.2. The van der Waals surface area contributed by atoms with Crippen LogP contribution in [0.2, 0.25) is 0 Å². The SMILES string of the molecule is COCCCNC(=NCC(=O)NCC(C)C)NN. The topological polar surface area (TPSA) is 101 Å². The highest BCUT2D eigenvalue weighted by atomic mass is 16.5. The quantitative estimate of drug-likeness (QED) is 0.150. The van der Waals surface area contributed by atoms with Gasteiger partial charge in [-0.3, -0.25) is 10.2 Å². The Morgan fingerprint density at radius 3 is 2.67 bits per heavy atom. The number of nitrogens with one attached hydrogen (secondary N) is 3. The van der Waals surface area contributed by atoms with Crippen molar-refractivity contribution in [1.82, 2.24) is 16.1 Å². The van der Waals surface area contributed by atoms with Crippen LogP contribution in [0.25, 0.3) is 0 Å². The second kappa shape index (κ2) is 10.8. The number of hydrazine groups is 1. The number of amides is 1. The molecule has 106 valence electrons. The minimum atomic E-state index is -0.116. The highest BCUT2D eigenvalue weighted by Crippen LogP contribution is 1.86. The van der Waals surface area contributed by atoms with Gasteiger partial charge in [0, 0.05) is 26.8 Å². The minimum Gasteiger partial charge on any atom is -0.385 e. The van der Waals surface area contributed by atoms with E-state index in [0.717, 1.165) is 6.42 Å². The first kappa shape index (κ1) is 16.7. The van der Waals surface area contributed by atoms with Crippen LogP contribution in [0.3, 0.4) is 0 Å². The van der Waals surface area contributed by atoms with Crippen LogP contribution < -0.4 is 21.9 Å². The lowest BCUT2D eigenvalue weighted by molar-refractivity contribution is -0.119.